The minimum absolute atomic E-state index is 0.243. The Kier molecular flexibility index (Phi) is 5.96. The Labute approximate surface area is 173 Å². The van der Waals surface area contributed by atoms with Gasteiger partial charge in [-0.1, -0.05) is 24.3 Å². The summed E-state index contributed by atoms with van der Waals surface area (Å²) in [7, 11) is -3.55. The lowest BCUT2D eigenvalue weighted by molar-refractivity contribution is 0.107. The molecular formula is C21H20FNO4S2. The molecule has 3 aromatic rings. The average Bonchev–Trinajstić information content (AvgIpc) is 3.16. The predicted molar refractivity (Wildman–Crippen MR) is 109 cm³/mol. The number of hydrogen-bond acceptors (Lipinski definition) is 5. The number of nitrogens with zero attached hydrogens (tertiary/aromatic N) is 1. The molecule has 1 aromatic heterocycles. The van der Waals surface area contributed by atoms with Crippen LogP contribution in [0.25, 0.3) is 0 Å². The molecule has 0 atom stereocenters. The second-order valence-electron chi connectivity index (χ2n) is 6.68. The van der Waals surface area contributed by atoms with E-state index in [1.54, 1.807) is 29.6 Å². The molecule has 0 saturated heterocycles. The Balaban J connectivity index is 1.47. The highest BCUT2D eigenvalue weighted by Crippen LogP contribution is 2.29. The van der Waals surface area contributed by atoms with Gasteiger partial charge in [-0.15, -0.1) is 11.3 Å². The van der Waals surface area contributed by atoms with E-state index < -0.39 is 10.0 Å². The molecule has 0 saturated carbocycles. The molecule has 0 bridgehead atoms. The highest BCUT2D eigenvalue weighted by molar-refractivity contribution is 7.91. The molecule has 5 nitrogen and oxygen atoms in total. The first kappa shape index (κ1) is 20.0. The molecule has 2 aromatic carbocycles. The van der Waals surface area contributed by atoms with Gasteiger partial charge < -0.3 is 9.47 Å². The molecule has 0 unspecified atom stereocenters. The van der Waals surface area contributed by atoms with Crippen molar-refractivity contribution in [1.29, 1.82) is 0 Å². The van der Waals surface area contributed by atoms with E-state index in [1.165, 1.54) is 27.8 Å². The van der Waals surface area contributed by atoms with Crippen molar-refractivity contribution in [3.05, 3.63) is 82.5 Å². The van der Waals surface area contributed by atoms with Gasteiger partial charge in [-0.2, -0.15) is 4.31 Å². The third-order valence-electron chi connectivity index (χ3n) is 4.59. The molecule has 1 aliphatic heterocycles. The maximum absolute atomic E-state index is 13.3. The van der Waals surface area contributed by atoms with Crippen molar-refractivity contribution < 1.29 is 22.3 Å². The van der Waals surface area contributed by atoms with Gasteiger partial charge in [0.2, 0.25) is 0 Å². The number of benzene rings is 2. The largest absolute Gasteiger partial charge is 0.492 e. The molecule has 4 rings (SSSR count). The molecule has 0 amide bonds. The number of hydrogen-bond donors (Lipinski definition) is 0. The number of ether oxygens (including phenoxy) is 2. The first-order valence-corrected chi connectivity index (χ1v) is 11.4. The Morgan fingerprint density at radius 2 is 1.90 bits per heavy atom. The Hall–Kier alpha value is -2.26. The molecule has 0 spiro atoms. The Morgan fingerprint density at radius 1 is 1.07 bits per heavy atom. The number of thiophene rings is 1. The van der Waals surface area contributed by atoms with E-state index in [1.807, 2.05) is 18.2 Å². The lowest BCUT2D eigenvalue weighted by Crippen LogP contribution is -2.32. The fourth-order valence-corrected chi connectivity index (χ4v) is 5.72. The summed E-state index contributed by atoms with van der Waals surface area (Å²) >= 11 is 1.21. The van der Waals surface area contributed by atoms with Crippen LogP contribution < -0.4 is 4.74 Å². The summed E-state index contributed by atoms with van der Waals surface area (Å²) in [6.45, 7) is 1.46. The lowest BCUT2D eigenvalue weighted by atomic mass is 10.1. The highest BCUT2D eigenvalue weighted by atomic mass is 32.2. The van der Waals surface area contributed by atoms with Crippen LogP contribution in [-0.4, -0.2) is 25.9 Å². The minimum atomic E-state index is -3.55. The van der Waals surface area contributed by atoms with Crippen LogP contribution in [0.2, 0.25) is 0 Å². The van der Waals surface area contributed by atoms with Gasteiger partial charge >= 0.3 is 0 Å². The molecule has 0 aliphatic carbocycles. The van der Waals surface area contributed by atoms with Crippen molar-refractivity contribution in [1.82, 2.24) is 4.31 Å². The maximum atomic E-state index is 13.3. The lowest BCUT2D eigenvalue weighted by Gasteiger charge is -2.18. The van der Waals surface area contributed by atoms with Crippen LogP contribution in [0.4, 0.5) is 4.39 Å². The minimum Gasteiger partial charge on any atom is -0.492 e. The zero-order valence-electron chi connectivity index (χ0n) is 15.6. The molecule has 0 N–H and O–H groups in total. The SMILES string of the molecule is O=S(=O)(c1cccs1)N1CCOc2ccc(COCc3cccc(F)c3)cc2C1. The normalized spacial score (nSPS) is 14.8. The third kappa shape index (κ3) is 4.67. The van der Waals surface area contributed by atoms with E-state index in [4.69, 9.17) is 9.47 Å². The van der Waals surface area contributed by atoms with Crippen LogP contribution >= 0.6 is 11.3 Å². The summed E-state index contributed by atoms with van der Waals surface area (Å²) in [5.74, 6) is 0.392. The number of sulfonamides is 1. The standard InChI is InChI=1S/C21H20FNO4S2/c22-19-4-1-3-16(12-19)14-26-15-17-6-7-20-18(11-17)13-23(8-9-27-20)29(24,25)21-5-2-10-28-21/h1-7,10-12H,8-9,13-15H2. The molecule has 1 aliphatic rings. The van der Waals surface area contributed by atoms with Crippen molar-refractivity contribution >= 4 is 21.4 Å². The summed E-state index contributed by atoms with van der Waals surface area (Å²) in [6.07, 6.45) is 0. The molecule has 0 fully saturated rings. The van der Waals surface area contributed by atoms with Crippen LogP contribution in [0.1, 0.15) is 16.7 Å². The highest BCUT2D eigenvalue weighted by Gasteiger charge is 2.28. The van der Waals surface area contributed by atoms with Crippen LogP contribution in [0, 0.1) is 5.82 Å². The number of fused-ring (bicyclic) bond motifs is 1. The molecule has 29 heavy (non-hydrogen) atoms. The summed E-state index contributed by atoms with van der Waals surface area (Å²) < 4.78 is 52.2. The fourth-order valence-electron chi connectivity index (χ4n) is 3.17. The topological polar surface area (TPSA) is 55.8 Å². The van der Waals surface area contributed by atoms with Crippen LogP contribution in [0.15, 0.2) is 64.2 Å². The van der Waals surface area contributed by atoms with E-state index in [0.717, 1.165) is 16.7 Å². The smallest absolute Gasteiger partial charge is 0.252 e. The Bertz CT molecular complexity index is 1080. The maximum Gasteiger partial charge on any atom is 0.252 e. The van der Waals surface area contributed by atoms with Crippen LogP contribution in [-0.2, 0) is 34.5 Å². The van der Waals surface area contributed by atoms with Gasteiger partial charge in [0, 0.05) is 18.7 Å². The van der Waals surface area contributed by atoms with Crippen molar-refractivity contribution in [2.75, 3.05) is 13.2 Å². The van der Waals surface area contributed by atoms with E-state index >= 15 is 0 Å². The van der Waals surface area contributed by atoms with Crippen molar-refractivity contribution in [3.8, 4) is 5.75 Å². The van der Waals surface area contributed by atoms with Crippen molar-refractivity contribution in [2.45, 2.75) is 24.0 Å². The van der Waals surface area contributed by atoms with Gasteiger partial charge in [-0.25, -0.2) is 12.8 Å². The first-order chi connectivity index (χ1) is 14.0. The molecule has 0 radical (unpaired) electrons. The summed E-state index contributed by atoms with van der Waals surface area (Å²) in [6, 6.07) is 15.3. The monoisotopic (exact) mass is 433 g/mol. The second-order valence-corrected chi connectivity index (χ2v) is 9.80. The third-order valence-corrected chi connectivity index (χ3v) is 7.80. The summed E-state index contributed by atoms with van der Waals surface area (Å²) in [5, 5.41) is 1.75. The summed E-state index contributed by atoms with van der Waals surface area (Å²) in [4.78, 5) is 0. The second kappa shape index (κ2) is 8.62. The predicted octanol–water partition coefficient (Wildman–Crippen LogP) is 4.19. The van der Waals surface area contributed by atoms with Gasteiger partial charge in [0.05, 0.1) is 13.2 Å². The van der Waals surface area contributed by atoms with Crippen molar-refractivity contribution in [2.24, 2.45) is 0 Å². The van der Waals surface area contributed by atoms with E-state index in [0.29, 0.717) is 36.3 Å². The molecular weight excluding hydrogens is 413 g/mol. The van der Waals surface area contributed by atoms with Crippen molar-refractivity contribution in [3.63, 3.8) is 0 Å². The molecule has 8 heteroatoms. The first-order valence-electron chi connectivity index (χ1n) is 9.13. The van der Waals surface area contributed by atoms with Crippen LogP contribution in [0.3, 0.4) is 0 Å². The van der Waals surface area contributed by atoms with E-state index in [2.05, 4.69) is 0 Å². The van der Waals surface area contributed by atoms with E-state index in [-0.39, 0.29) is 12.4 Å². The fraction of sp³-hybridized carbons (Fsp3) is 0.238. The molecule has 152 valence electrons. The zero-order valence-corrected chi connectivity index (χ0v) is 17.2. The van der Waals surface area contributed by atoms with Gasteiger partial charge in [0.15, 0.2) is 0 Å². The van der Waals surface area contributed by atoms with Gasteiger partial charge in [-0.3, -0.25) is 0 Å². The van der Waals surface area contributed by atoms with Gasteiger partial charge in [0.1, 0.15) is 22.4 Å². The van der Waals surface area contributed by atoms with E-state index in [9.17, 15) is 12.8 Å². The zero-order chi connectivity index (χ0) is 20.3. The van der Waals surface area contributed by atoms with Crippen LogP contribution in [0.5, 0.6) is 5.75 Å². The Morgan fingerprint density at radius 3 is 2.66 bits per heavy atom. The molecule has 2 heterocycles. The summed E-state index contributed by atoms with van der Waals surface area (Å²) in [5.41, 5.74) is 2.46. The van der Waals surface area contributed by atoms with Gasteiger partial charge in [-0.05, 0) is 46.8 Å². The number of rotatable bonds is 6. The average molecular weight is 434 g/mol. The number of halogens is 1. The quantitative estimate of drug-likeness (QED) is 0.585. The van der Waals surface area contributed by atoms with Gasteiger partial charge in [0.25, 0.3) is 10.0 Å².